The summed E-state index contributed by atoms with van der Waals surface area (Å²) in [6, 6.07) is 14.0. The van der Waals surface area contributed by atoms with Crippen LogP contribution in [0.2, 0.25) is 0 Å². The fourth-order valence-electron chi connectivity index (χ4n) is 2.47. The van der Waals surface area contributed by atoms with E-state index in [4.69, 9.17) is 4.74 Å². The Labute approximate surface area is 237 Å². The van der Waals surface area contributed by atoms with Crippen molar-refractivity contribution in [3.63, 3.8) is 0 Å². The Hall–Kier alpha value is -2.79. The highest BCUT2D eigenvalue weighted by Crippen LogP contribution is 2.27. The van der Waals surface area contributed by atoms with Gasteiger partial charge in [0.2, 0.25) is 5.24 Å². The largest absolute Gasteiger partial charge is 0.466 e. The van der Waals surface area contributed by atoms with Crippen LogP contribution < -0.4 is 0 Å². The van der Waals surface area contributed by atoms with Crippen molar-refractivity contribution in [3.05, 3.63) is 92.9 Å². The number of benzene rings is 2. The number of methoxy groups -OCH3 is 2. The smallest absolute Gasteiger partial charge is 0.337 e. The molecule has 2 aromatic rings. The van der Waals surface area contributed by atoms with Gasteiger partial charge in [-0.15, -0.1) is 0 Å². The van der Waals surface area contributed by atoms with Crippen molar-refractivity contribution < 1.29 is 38.5 Å². The average molecular weight is 663 g/mol. The third-order valence-electron chi connectivity index (χ3n) is 4.18. The number of esters is 3. The van der Waals surface area contributed by atoms with E-state index in [9.17, 15) is 24.3 Å². The molecule has 11 heteroatoms. The van der Waals surface area contributed by atoms with Gasteiger partial charge in [0, 0.05) is 22.8 Å². The van der Waals surface area contributed by atoms with E-state index in [0.29, 0.717) is 11.1 Å². The van der Waals surface area contributed by atoms with E-state index in [0.717, 1.165) is 8.95 Å². The summed E-state index contributed by atoms with van der Waals surface area (Å²) < 4.78 is 15.9. The van der Waals surface area contributed by atoms with Crippen molar-refractivity contribution in [2.75, 3.05) is 14.2 Å². The first-order chi connectivity index (χ1) is 17.2. The number of hydrogen-bond acceptors (Lipinski definition) is 8. The van der Waals surface area contributed by atoms with Crippen molar-refractivity contribution in [1.29, 1.82) is 0 Å². The lowest BCUT2D eigenvalue weighted by Crippen LogP contribution is -2.17. The predicted octanol–water partition coefficient (Wildman–Crippen LogP) is 5.77. The molecule has 0 fully saturated rings. The van der Waals surface area contributed by atoms with Gasteiger partial charge in [-0.3, -0.25) is 9.59 Å². The fourth-order valence-corrected chi connectivity index (χ4v) is 3.00. The van der Waals surface area contributed by atoms with Crippen LogP contribution >= 0.6 is 43.5 Å². The highest BCUT2D eigenvalue weighted by atomic mass is 79.9. The summed E-state index contributed by atoms with van der Waals surface area (Å²) in [6.07, 6.45) is -1.85. The molecule has 0 heterocycles. The minimum absolute atomic E-state index is 0.0276. The lowest BCUT2D eigenvalue weighted by atomic mass is 10.0. The number of ether oxygens (including phenoxy) is 3. The average Bonchev–Trinajstić information content (AvgIpc) is 2.86. The van der Waals surface area contributed by atoms with Gasteiger partial charge in [-0.2, -0.15) is 0 Å². The monoisotopic (exact) mass is 660 g/mol. The molecule has 0 aliphatic heterocycles. The van der Waals surface area contributed by atoms with Gasteiger partial charge in [-0.1, -0.05) is 69.3 Å². The third kappa shape index (κ3) is 13.4. The molecule has 0 amide bonds. The first-order valence-electron chi connectivity index (χ1n) is 10.3. The Morgan fingerprint density at radius 2 is 1.14 bits per heavy atom. The van der Waals surface area contributed by atoms with Gasteiger partial charge >= 0.3 is 17.9 Å². The summed E-state index contributed by atoms with van der Waals surface area (Å²) >= 11 is 11.2. The maximum absolute atomic E-state index is 11.5. The first-order valence-corrected chi connectivity index (χ1v) is 12.3. The molecule has 0 radical (unpaired) electrons. The van der Waals surface area contributed by atoms with E-state index in [1.54, 1.807) is 48.5 Å². The van der Waals surface area contributed by atoms with Gasteiger partial charge in [-0.05, 0) is 47.0 Å². The zero-order valence-corrected chi connectivity index (χ0v) is 24.6. The molecule has 37 heavy (non-hydrogen) atoms. The van der Waals surface area contributed by atoms with Gasteiger partial charge < -0.3 is 19.3 Å². The molecule has 2 atom stereocenters. The maximum atomic E-state index is 11.5. The van der Waals surface area contributed by atoms with E-state index in [-0.39, 0.29) is 16.4 Å². The molecule has 1 N–H and O–H groups in total. The number of rotatable bonds is 7. The van der Waals surface area contributed by atoms with Crippen molar-refractivity contribution in [2.45, 2.75) is 26.1 Å². The number of aliphatic hydroxyl groups excluding tert-OH is 1. The lowest BCUT2D eigenvalue weighted by molar-refractivity contribution is -0.147. The van der Waals surface area contributed by atoms with Crippen molar-refractivity contribution >= 4 is 66.6 Å². The molecule has 2 aromatic carbocycles. The zero-order valence-electron chi connectivity index (χ0n) is 20.6. The van der Waals surface area contributed by atoms with Crippen molar-refractivity contribution in [1.82, 2.24) is 0 Å². The Balaban J connectivity index is 0.000000619. The highest BCUT2D eigenvalue weighted by Gasteiger charge is 2.24. The highest BCUT2D eigenvalue weighted by molar-refractivity contribution is 9.10. The van der Waals surface area contributed by atoms with Crippen LogP contribution in [0.4, 0.5) is 0 Å². The molecular formula is C26H27Br2ClO8. The van der Waals surface area contributed by atoms with E-state index in [2.05, 4.69) is 66.1 Å². The second-order valence-electron chi connectivity index (χ2n) is 7.00. The van der Waals surface area contributed by atoms with Gasteiger partial charge in [0.1, 0.15) is 6.10 Å². The third-order valence-corrected chi connectivity index (χ3v) is 5.24. The van der Waals surface area contributed by atoms with Crippen LogP contribution in [0.1, 0.15) is 37.2 Å². The second-order valence-corrected chi connectivity index (χ2v) is 9.36. The molecule has 0 spiro atoms. The van der Waals surface area contributed by atoms with Crippen LogP contribution in [0.5, 0.6) is 0 Å². The minimum atomic E-state index is -1.02. The number of hydrogen-bond donors (Lipinski definition) is 1. The Kier molecular flexibility index (Phi) is 16.3. The molecule has 2 unspecified atom stereocenters. The van der Waals surface area contributed by atoms with Crippen LogP contribution in [0, 0.1) is 0 Å². The Bertz CT molecular complexity index is 1090. The number of aliphatic hydroxyl groups is 1. The zero-order chi connectivity index (χ0) is 28.7. The topological polar surface area (TPSA) is 116 Å². The molecule has 2 rings (SSSR count). The Morgan fingerprint density at radius 1 is 0.784 bits per heavy atom. The fraction of sp³-hybridized carbons (Fsp3) is 0.231. The normalized spacial score (nSPS) is 11.1. The number of halogens is 3. The standard InChI is InChI=1S/C13H13BrO4.C11H11BrO3.C2H3ClO/c1-8(13(16)17-3)12(18-9(2)15)10-4-6-11(14)7-5-10;1-7(11(14)15-2)10(13)8-3-5-9(12)6-4-8;1-2(3)4/h4-7,12H,1H2,2-3H3;3-6,10,13H,1H2,2H3;1H3. The van der Waals surface area contributed by atoms with Gasteiger partial charge in [0.05, 0.1) is 25.4 Å². The summed E-state index contributed by atoms with van der Waals surface area (Å²) in [5.74, 6) is -1.71. The van der Waals surface area contributed by atoms with Crippen LogP contribution in [-0.4, -0.2) is 42.5 Å². The molecule has 200 valence electrons. The summed E-state index contributed by atoms with van der Waals surface area (Å²) in [5, 5.41) is 9.40. The van der Waals surface area contributed by atoms with Crippen LogP contribution in [-0.2, 0) is 33.4 Å². The Morgan fingerprint density at radius 3 is 1.49 bits per heavy atom. The lowest BCUT2D eigenvalue weighted by Gasteiger charge is -2.18. The van der Waals surface area contributed by atoms with E-state index < -0.39 is 30.1 Å². The predicted molar refractivity (Wildman–Crippen MR) is 147 cm³/mol. The number of carbonyl (C=O) groups is 4. The van der Waals surface area contributed by atoms with Gasteiger partial charge in [0.25, 0.3) is 0 Å². The van der Waals surface area contributed by atoms with E-state index >= 15 is 0 Å². The number of carbonyl (C=O) groups excluding carboxylic acids is 4. The van der Waals surface area contributed by atoms with Crippen molar-refractivity contribution in [2.24, 2.45) is 0 Å². The second kappa shape index (κ2) is 17.6. The molecular weight excluding hydrogens is 636 g/mol. The molecule has 0 aromatic heterocycles. The van der Waals surface area contributed by atoms with Crippen LogP contribution in [0.3, 0.4) is 0 Å². The van der Waals surface area contributed by atoms with E-state index in [1.807, 2.05) is 0 Å². The quantitative estimate of drug-likeness (QED) is 0.172. The van der Waals surface area contributed by atoms with Gasteiger partial charge in [-0.25, -0.2) is 9.59 Å². The molecule has 0 aliphatic carbocycles. The molecule has 0 saturated carbocycles. The summed E-state index contributed by atoms with van der Waals surface area (Å²) in [6.45, 7) is 9.67. The molecule has 0 saturated heterocycles. The molecule has 0 bridgehead atoms. The molecule has 0 aliphatic rings. The first kappa shape index (κ1) is 34.2. The van der Waals surface area contributed by atoms with Gasteiger partial charge in [0.15, 0.2) is 6.10 Å². The summed E-state index contributed by atoms with van der Waals surface area (Å²) in [5.41, 5.74) is 1.37. The van der Waals surface area contributed by atoms with E-state index in [1.165, 1.54) is 28.1 Å². The van der Waals surface area contributed by atoms with Crippen molar-refractivity contribution in [3.8, 4) is 0 Å². The minimum Gasteiger partial charge on any atom is -0.466 e. The SMILES string of the molecule is C=C(C(=O)OC)C(O)c1ccc(Br)cc1.C=C(C(=O)OC)C(OC(C)=O)c1ccc(Br)cc1.CC(=O)Cl. The maximum Gasteiger partial charge on any atom is 0.337 e. The molecule has 8 nitrogen and oxygen atoms in total. The summed E-state index contributed by atoms with van der Waals surface area (Å²) in [4.78, 5) is 42.9. The summed E-state index contributed by atoms with van der Waals surface area (Å²) in [7, 11) is 2.50. The van der Waals surface area contributed by atoms with Crippen LogP contribution in [0.15, 0.2) is 81.8 Å². The van der Waals surface area contributed by atoms with Crippen LogP contribution in [0.25, 0.3) is 0 Å².